The van der Waals surface area contributed by atoms with Crippen molar-refractivity contribution in [3.8, 4) is 11.1 Å². The molecule has 1 aromatic carbocycles. The lowest BCUT2D eigenvalue weighted by atomic mass is 9.97. The summed E-state index contributed by atoms with van der Waals surface area (Å²) in [6, 6.07) is 6.10. The second-order valence-electron chi connectivity index (χ2n) is 9.24. The maximum atomic E-state index is 13.0. The van der Waals surface area contributed by atoms with Crippen molar-refractivity contribution in [2.45, 2.75) is 64.3 Å². The number of amides is 1. The molecule has 0 saturated carbocycles. The van der Waals surface area contributed by atoms with Crippen LogP contribution in [0.5, 0.6) is 0 Å². The molecule has 4 rings (SSSR count). The van der Waals surface area contributed by atoms with Gasteiger partial charge in [-0.3, -0.25) is 4.79 Å². The number of esters is 1. The maximum Gasteiger partial charge on any atom is 0.341 e. The zero-order valence-electron chi connectivity index (χ0n) is 21.3. The summed E-state index contributed by atoms with van der Waals surface area (Å²) in [5.74, 6) is 0.529. The SMILES string of the molecule is COC(=O)c1c(-c2cc(C)ccc2C)csc1NC(=O)CSc1nnc(C(C)C)n1CC1CCCO1. The Labute approximate surface area is 219 Å². The van der Waals surface area contributed by atoms with E-state index in [1.54, 1.807) is 0 Å². The number of benzene rings is 1. The molecule has 0 aliphatic carbocycles. The number of aryl methyl sites for hydroxylation is 2. The van der Waals surface area contributed by atoms with Crippen molar-refractivity contribution in [1.29, 1.82) is 0 Å². The highest BCUT2D eigenvalue weighted by Crippen LogP contribution is 2.38. The zero-order valence-corrected chi connectivity index (χ0v) is 22.9. The zero-order chi connectivity index (χ0) is 25.8. The van der Waals surface area contributed by atoms with Crippen LogP contribution in [0.2, 0.25) is 0 Å². The van der Waals surface area contributed by atoms with Crippen molar-refractivity contribution in [3.63, 3.8) is 0 Å². The Hall–Kier alpha value is -2.69. The van der Waals surface area contributed by atoms with Crippen LogP contribution in [0, 0.1) is 13.8 Å². The summed E-state index contributed by atoms with van der Waals surface area (Å²) in [4.78, 5) is 25.7. The number of carbonyl (C=O) groups excluding carboxylic acids is 2. The van der Waals surface area contributed by atoms with Gasteiger partial charge in [0.15, 0.2) is 5.16 Å². The number of hydrogen-bond acceptors (Lipinski definition) is 8. The van der Waals surface area contributed by atoms with Gasteiger partial charge in [0, 0.05) is 23.5 Å². The molecule has 0 bridgehead atoms. The number of nitrogens with one attached hydrogen (secondary N) is 1. The summed E-state index contributed by atoms with van der Waals surface area (Å²) in [6.07, 6.45) is 2.21. The van der Waals surface area contributed by atoms with Gasteiger partial charge in [-0.2, -0.15) is 0 Å². The maximum absolute atomic E-state index is 13.0. The molecule has 3 heterocycles. The predicted octanol–water partition coefficient (Wildman–Crippen LogP) is 5.44. The second-order valence-corrected chi connectivity index (χ2v) is 11.1. The van der Waals surface area contributed by atoms with E-state index in [4.69, 9.17) is 9.47 Å². The monoisotopic (exact) mass is 528 g/mol. The largest absolute Gasteiger partial charge is 0.465 e. The van der Waals surface area contributed by atoms with Crippen molar-refractivity contribution in [1.82, 2.24) is 14.8 Å². The van der Waals surface area contributed by atoms with Crippen molar-refractivity contribution in [2.75, 3.05) is 24.8 Å². The van der Waals surface area contributed by atoms with Crippen LogP contribution in [0.4, 0.5) is 5.00 Å². The summed E-state index contributed by atoms with van der Waals surface area (Å²) in [5, 5.41) is 14.7. The van der Waals surface area contributed by atoms with Crippen LogP contribution in [-0.2, 0) is 20.8 Å². The lowest BCUT2D eigenvalue weighted by molar-refractivity contribution is -0.113. The molecule has 0 radical (unpaired) electrons. The first-order valence-electron chi connectivity index (χ1n) is 12.0. The number of carbonyl (C=O) groups is 2. The van der Waals surface area contributed by atoms with Gasteiger partial charge < -0.3 is 19.4 Å². The van der Waals surface area contributed by atoms with Gasteiger partial charge in [-0.25, -0.2) is 4.79 Å². The number of methoxy groups -OCH3 is 1. The Balaban J connectivity index is 1.51. The average molecular weight is 529 g/mol. The number of thiophene rings is 1. The second kappa shape index (κ2) is 11.6. The van der Waals surface area contributed by atoms with Crippen LogP contribution in [0.3, 0.4) is 0 Å². The van der Waals surface area contributed by atoms with E-state index in [0.29, 0.717) is 22.3 Å². The molecule has 1 saturated heterocycles. The van der Waals surface area contributed by atoms with Gasteiger partial charge in [-0.15, -0.1) is 21.5 Å². The van der Waals surface area contributed by atoms with Gasteiger partial charge in [0.05, 0.1) is 25.5 Å². The minimum atomic E-state index is -0.479. The lowest BCUT2D eigenvalue weighted by Crippen LogP contribution is -2.19. The van der Waals surface area contributed by atoms with E-state index in [9.17, 15) is 9.59 Å². The molecule has 192 valence electrons. The molecule has 1 N–H and O–H groups in total. The Morgan fingerprint density at radius 3 is 2.78 bits per heavy atom. The Kier molecular flexibility index (Phi) is 8.48. The molecule has 1 amide bonds. The van der Waals surface area contributed by atoms with Gasteiger partial charge in [0.1, 0.15) is 16.4 Å². The summed E-state index contributed by atoms with van der Waals surface area (Å²) < 4.78 is 12.9. The van der Waals surface area contributed by atoms with Crippen LogP contribution in [0.25, 0.3) is 11.1 Å². The Morgan fingerprint density at radius 2 is 2.08 bits per heavy atom. The van der Waals surface area contributed by atoms with E-state index >= 15 is 0 Å². The Bertz CT molecular complexity index is 1240. The number of ether oxygens (including phenoxy) is 2. The minimum absolute atomic E-state index is 0.138. The quantitative estimate of drug-likeness (QED) is 0.292. The third-order valence-corrected chi connectivity index (χ3v) is 7.98. The molecule has 0 spiro atoms. The fourth-order valence-corrected chi connectivity index (χ4v) is 5.99. The van der Waals surface area contributed by atoms with Crippen LogP contribution in [-0.4, -0.2) is 52.2 Å². The van der Waals surface area contributed by atoms with Crippen LogP contribution in [0.15, 0.2) is 28.7 Å². The van der Waals surface area contributed by atoms with E-state index in [0.717, 1.165) is 47.5 Å². The molecule has 2 aromatic heterocycles. The number of nitrogens with zero attached hydrogens (tertiary/aromatic N) is 3. The highest BCUT2D eigenvalue weighted by molar-refractivity contribution is 7.99. The topological polar surface area (TPSA) is 95.3 Å². The highest BCUT2D eigenvalue weighted by atomic mass is 32.2. The molecular weight excluding hydrogens is 496 g/mol. The van der Waals surface area contributed by atoms with E-state index in [2.05, 4.69) is 33.9 Å². The summed E-state index contributed by atoms with van der Waals surface area (Å²) in [6.45, 7) is 9.63. The first-order chi connectivity index (χ1) is 17.3. The fourth-order valence-electron chi connectivity index (χ4n) is 4.27. The van der Waals surface area contributed by atoms with Gasteiger partial charge in [0.25, 0.3) is 0 Å². The smallest absolute Gasteiger partial charge is 0.341 e. The molecule has 10 heteroatoms. The number of rotatable bonds is 9. The molecule has 1 atom stereocenters. The number of thioether (sulfide) groups is 1. The van der Waals surface area contributed by atoms with Crippen molar-refractivity contribution >= 4 is 40.0 Å². The first-order valence-corrected chi connectivity index (χ1v) is 13.9. The van der Waals surface area contributed by atoms with E-state index in [1.807, 2.05) is 37.4 Å². The van der Waals surface area contributed by atoms with E-state index < -0.39 is 5.97 Å². The van der Waals surface area contributed by atoms with Crippen LogP contribution >= 0.6 is 23.1 Å². The third kappa shape index (κ3) is 5.82. The molecular formula is C26H32N4O4S2. The first kappa shape index (κ1) is 26.4. The Morgan fingerprint density at radius 1 is 1.28 bits per heavy atom. The molecule has 36 heavy (non-hydrogen) atoms. The van der Waals surface area contributed by atoms with Gasteiger partial charge >= 0.3 is 5.97 Å². The summed E-state index contributed by atoms with van der Waals surface area (Å²) in [7, 11) is 1.35. The van der Waals surface area contributed by atoms with Gasteiger partial charge in [-0.05, 0) is 37.8 Å². The molecule has 3 aromatic rings. The molecule has 1 aliphatic heterocycles. The number of anilines is 1. The summed E-state index contributed by atoms with van der Waals surface area (Å²) >= 11 is 2.65. The predicted molar refractivity (Wildman–Crippen MR) is 143 cm³/mol. The summed E-state index contributed by atoms with van der Waals surface area (Å²) in [5.41, 5.74) is 4.22. The van der Waals surface area contributed by atoms with Crippen molar-refractivity contribution in [3.05, 3.63) is 46.1 Å². The minimum Gasteiger partial charge on any atom is -0.465 e. The van der Waals surface area contributed by atoms with E-state index in [1.165, 1.54) is 30.2 Å². The number of hydrogen-bond donors (Lipinski definition) is 1. The molecule has 8 nitrogen and oxygen atoms in total. The lowest BCUT2D eigenvalue weighted by Gasteiger charge is -2.16. The highest BCUT2D eigenvalue weighted by Gasteiger charge is 2.25. The van der Waals surface area contributed by atoms with Crippen molar-refractivity contribution < 1.29 is 19.1 Å². The average Bonchev–Trinajstić information content (AvgIpc) is 3.60. The van der Waals surface area contributed by atoms with Gasteiger partial charge in [0.2, 0.25) is 5.91 Å². The third-order valence-electron chi connectivity index (χ3n) is 6.12. The van der Waals surface area contributed by atoms with Gasteiger partial charge in [-0.1, -0.05) is 49.4 Å². The van der Waals surface area contributed by atoms with E-state index in [-0.39, 0.29) is 23.7 Å². The fraction of sp³-hybridized carbons (Fsp3) is 0.462. The molecule has 1 aliphatic rings. The normalized spacial score (nSPS) is 15.4. The molecule has 1 fully saturated rings. The van der Waals surface area contributed by atoms with Crippen molar-refractivity contribution in [2.24, 2.45) is 0 Å². The van der Waals surface area contributed by atoms with Crippen LogP contribution in [0.1, 0.15) is 59.9 Å². The van der Waals surface area contributed by atoms with Crippen LogP contribution < -0.4 is 5.32 Å². The molecule has 1 unspecified atom stereocenters. The number of aromatic nitrogens is 3. The standard InChI is InChI=1S/C26H32N4O4S2/c1-15(2)23-28-29-26(30(23)12-18-7-6-10-34-18)36-14-21(31)27-24-22(25(32)33-5)20(13-35-24)19-11-16(3)8-9-17(19)4/h8-9,11,13,15,18H,6-7,10,12,14H2,1-5H3,(H,27,31).